The van der Waals surface area contributed by atoms with Crippen LogP contribution in [0.5, 0.6) is 0 Å². The molecule has 1 aliphatic heterocycles. The molecule has 0 saturated carbocycles. The molecule has 11 nitrogen and oxygen atoms in total. The molecule has 0 aliphatic carbocycles. The highest BCUT2D eigenvalue weighted by Crippen LogP contribution is 2.23. The predicted molar refractivity (Wildman–Crippen MR) is 274 cm³/mol. The standard InChI is InChI=1S/C56H103NO10/c1-3-5-7-9-11-13-15-19-23-26-30-34-38-42-49(59)48(47-66-56-55(64)54(63)53(62)50(46-58)67-56)57-51(60)43-39-35-31-27-24-20-17-16-18-21-25-29-33-37-41-45-65-52(61)44-40-36-32-28-22-14-12-10-8-6-4-2/h18,21,23,26,38,42,48-50,53-56,58-59,62-64H,3-17,19-20,22,24-25,27-37,39-41,43-47H2,1-2H3,(H,57,60)/b21-18-,26-23+,42-38+. The highest BCUT2D eigenvalue weighted by Gasteiger charge is 2.44. The molecule has 1 saturated heterocycles. The Hall–Kier alpha value is -2.12. The number of hydrogen-bond donors (Lipinski definition) is 6. The summed E-state index contributed by atoms with van der Waals surface area (Å²) in [5.74, 6) is -0.239. The molecule has 0 spiro atoms. The lowest BCUT2D eigenvalue weighted by molar-refractivity contribution is -0.302. The molecule has 1 aliphatic rings. The van der Waals surface area contributed by atoms with Gasteiger partial charge in [-0.1, -0.05) is 198 Å². The van der Waals surface area contributed by atoms with Crippen molar-refractivity contribution >= 4 is 11.9 Å². The zero-order valence-electron chi connectivity index (χ0n) is 42.9. The van der Waals surface area contributed by atoms with Gasteiger partial charge in [0, 0.05) is 12.8 Å². The van der Waals surface area contributed by atoms with Crippen LogP contribution >= 0.6 is 0 Å². The number of carbonyl (C=O) groups excluding carboxylic acids is 2. The van der Waals surface area contributed by atoms with Gasteiger partial charge in [0.25, 0.3) is 0 Å². The van der Waals surface area contributed by atoms with Crippen molar-refractivity contribution in [1.82, 2.24) is 5.32 Å². The summed E-state index contributed by atoms with van der Waals surface area (Å²) in [7, 11) is 0. The third kappa shape index (κ3) is 36.5. The van der Waals surface area contributed by atoms with Crippen LogP contribution in [0, 0.1) is 0 Å². The zero-order chi connectivity index (χ0) is 48.8. The van der Waals surface area contributed by atoms with Gasteiger partial charge >= 0.3 is 5.97 Å². The molecule has 7 atom stereocenters. The van der Waals surface area contributed by atoms with E-state index in [1.807, 2.05) is 6.08 Å². The van der Waals surface area contributed by atoms with E-state index in [1.54, 1.807) is 6.08 Å². The Kier molecular flexibility index (Phi) is 43.4. The monoisotopic (exact) mass is 950 g/mol. The number of rotatable bonds is 47. The third-order valence-corrected chi connectivity index (χ3v) is 13.0. The number of unbranched alkanes of at least 4 members (excludes halogenated alkanes) is 29. The van der Waals surface area contributed by atoms with Crippen LogP contribution in [-0.2, 0) is 23.8 Å². The number of aliphatic hydroxyl groups is 5. The molecule has 0 bridgehead atoms. The molecule has 1 rings (SSSR count). The lowest BCUT2D eigenvalue weighted by Gasteiger charge is -2.40. The van der Waals surface area contributed by atoms with Gasteiger partial charge in [-0.15, -0.1) is 0 Å². The molecule has 0 aromatic carbocycles. The average Bonchev–Trinajstić information content (AvgIpc) is 3.32. The topological polar surface area (TPSA) is 175 Å². The molecule has 1 amide bonds. The Morgan fingerprint density at radius 2 is 0.970 bits per heavy atom. The van der Waals surface area contributed by atoms with E-state index >= 15 is 0 Å². The first-order chi connectivity index (χ1) is 32.7. The molecular formula is C56H103NO10. The van der Waals surface area contributed by atoms with Crippen LogP contribution < -0.4 is 5.32 Å². The number of aliphatic hydroxyl groups excluding tert-OH is 5. The van der Waals surface area contributed by atoms with E-state index in [-0.39, 0.29) is 18.5 Å². The number of hydrogen-bond acceptors (Lipinski definition) is 10. The van der Waals surface area contributed by atoms with Crippen LogP contribution in [0.4, 0.5) is 0 Å². The van der Waals surface area contributed by atoms with Gasteiger partial charge in [-0.2, -0.15) is 0 Å². The van der Waals surface area contributed by atoms with E-state index in [2.05, 4.69) is 43.5 Å². The quantitative estimate of drug-likeness (QED) is 0.0196. The SMILES string of the molecule is CCCCCCCCC/C=C/CC/C=C/C(O)C(COC1OC(CO)C(O)C(O)C1O)NC(=O)CCCCCCCCC/C=C\CCCCCCOC(=O)CCCCCCCCCCCCC. The minimum Gasteiger partial charge on any atom is -0.466 e. The summed E-state index contributed by atoms with van der Waals surface area (Å²) in [6.45, 7) is 4.26. The number of allylic oxidation sites excluding steroid dienone is 5. The number of amides is 1. The van der Waals surface area contributed by atoms with E-state index in [9.17, 15) is 35.1 Å². The first-order valence-corrected chi connectivity index (χ1v) is 27.8. The minimum atomic E-state index is -1.58. The minimum absolute atomic E-state index is 0.0309. The molecule has 11 heteroatoms. The van der Waals surface area contributed by atoms with E-state index in [1.165, 1.54) is 135 Å². The molecule has 0 aromatic rings. The molecule has 6 N–H and O–H groups in total. The van der Waals surface area contributed by atoms with Crippen molar-refractivity contribution in [2.75, 3.05) is 19.8 Å². The van der Waals surface area contributed by atoms with Crippen molar-refractivity contribution in [3.05, 3.63) is 36.5 Å². The Balaban J connectivity index is 2.18. The number of esters is 1. The van der Waals surface area contributed by atoms with Crippen molar-refractivity contribution in [2.45, 2.75) is 288 Å². The summed E-state index contributed by atoms with van der Waals surface area (Å²) >= 11 is 0. The van der Waals surface area contributed by atoms with Gasteiger partial charge in [-0.3, -0.25) is 9.59 Å². The number of nitrogens with one attached hydrogen (secondary N) is 1. The smallest absolute Gasteiger partial charge is 0.305 e. The van der Waals surface area contributed by atoms with Crippen LogP contribution in [0.3, 0.4) is 0 Å². The highest BCUT2D eigenvalue weighted by atomic mass is 16.7. The van der Waals surface area contributed by atoms with Crippen LogP contribution in [0.2, 0.25) is 0 Å². The second kappa shape index (κ2) is 46.3. The van der Waals surface area contributed by atoms with Crippen LogP contribution in [0.25, 0.3) is 0 Å². The van der Waals surface area contributed by atoms with Gasteiger partial charge in [0.15, 0.2) is 6.29 Å². The second-order valence-corrected chi connectivity index (χ2v) is 19.3. The zero-order valence-corrected chi connectivity index (χ0v) is 42.9. The largest absolute Gasteiger partial charge is 0.466 e. The molecular weight excluding hydrogens is 847 g/mol. The maximum Gasteiger partial charge on any atom is 0.305 e. The van der Waals surface area contributed by atoms with Crippen molar-refractivity contribution in [2.24, 2.45) is 0 Å². The first kappa shape index (κ1) is 62.9. The molecule has 7 unspecified atom stereocenters. The fourth-order valence-electron chi connectivity index (χ4n) is 8.50. The van der Waals surface area contributed by atoms with Gasteiger partial charge in [0.05, 0.1) is 32.0 Å². The fraction of sp³-hybridized carbons (Fsp3) is 0.857. The molecule has 0 radical (unpaired) electrons. The Labute approximate surface area is 409 Å². The lowest BCUT2D eigenvalue weighted by atomic mass is 9.99. The summed E-state index contributed by atoms with van der Waals surface area (Å²) in [6, 6.07) is -0.838. The first-order valence-electron chi connectivity index (χ1n) is 27.8. The van der Waals surface area contributed by atoms with Crippen molar-refractivity contribution in [1.29, 1.82) is 0 Å². The van der Waals surface area contributed by atoms with Crippen molar-refractivity contribution < 1.29 is 49.3 Å². The number of carbonyl (C=O) groups is 2. The third-order valence-electron chi connectivity index (χ3n) is 13.0. The summed E-state index contributed by atoms with van der Waals surface area (Å²) < 4.78 is 16.6. The van der Waals surface area contributed by atoms with E-state index in [4.69, 9.17) is 14.2 Å². The molecule has 67 heavy (non-hydrogen) atoms. The Morgan fingerprint density at radius 1 is 0.537 bits per heavy atom. The molecule has 392 valence electrons. The van der Waals surface area contributed by atoms with Gasteiger partial charge in [0.1, 0.15) is 24.4 Å². The lowest BCUT2D eigenvalue weighted by Crippen LogP contribution is -2.60. The molecule has 1 heterocycles. The van der Waals surface area contributed by atoms with Gasteiger partial charge in [0.2, 0.25) is 5.91 Å². The summed E-state index contributed by atoms with van der Waals surface area (Å²) in [4.78, 5) is 25.0. The normalized spacial score (nSPS) is 19.8. The number of ether oxygens (including phenoxy) is 3. The maximum absolute atomic E-state index is 13.0. The summed E-state index contributed by atoms with van der Waals surface area (Å²) in [5.41, 5.74) is 0. The van der Waals surface area contributed by atoms with Crippen LogP contribution in [-0.4, -0.2) is 100 Å². The van der Waals surface area contributed by atoms with E-state index in [0.717, 1.165) is 83.5 Å². The van der Waals surface area contributed by atoms with Crippen molar-refractivity contribution in [3.63, 3.8) is 0 Å². The Bertz CT molecular complexity index is 1210. The molecule has 0 aromatic heterocycles. The average molecular weight is 950 g/mol. The fourth-order valence-corrected chi connectivity index (χ4v) is 8.50. The summed E-state index contributed by atoms with van der Waals surface area (Å²) in [6.07, 6.45) is 45.1. The van der Waals surface area contributed by atoms with E-state index in [0.29, 0.717) is 19.4 Å². The highest BCUT2D eigenvalue weighted by molar-refractivity contribution is 5.76. The molecule has 1 fully saturated rings. The van der Waals surface area contributed by atoms with Crippen molar-refractivity contribution in [3.8, 4) is 0 Å². The maximum atomic E-state index is 13.0. The van der Waals surface area contributed by atoms with Crippen LogP contribution in [0.15, 0.2) is 36.5 Å². The second-order valence-electron chi connectivity index (χ2n) is 19.3. The van der Waals surface area contributed by atoms with Crippen LogP contribution in [0.1, 0.15) is 245 Å². The predicted octanol–water partition coefficient (Wildman–Crippen LogP) is 11.9. The summed E-state index contributed by atoms with van der Waals surface area (Å²) in [5, 5.41) is 54.3. The van der Waals surface area contributed by atoms with Gasteiger partial charge in [-0.05, 0) is 70.6 Å². The Morgan fingerprint density at radius 3 is 1.48 bits per heavy atom. The van der Waals surface area contributed by atoms with E-state index < -0.39 is 49.5 Å². The van der Waals surface area contributed by atoms with Gasteiger partial charge in [-0.25, -0.2) is 0 Å². The van der Waals surface area contributed by atoms with Gasteiger partial charge < -0.3 is 45.1 Å².